The first-order valence-corrected chi connectivity index (χ1v) is 8.59. The number of rotatable bonds is 7. The predicted molar refractivity (Wildman–Crippen MR) is 101 cm³/mol. The van der Waals surface area contributed by atoms with E-state index in [4.69, 9.17) is 10.3 Å². The van der Waals surface area contributed by atoms with Crippen LogP contribution in [-0.4, -0.2) is 22.5 Å². The fraction of sp³-hybridized carbons (Fsp3) is 0.238. The largest absolute Gasteiger partial charge is 0.369 e. The van der Waals surface area contributed by atoms with E-state index in [0.29, 0.717) is 13.1 Å². The summed E-state index contributed by atoms with van der Waals surface area (Å²) in [6, 6.07) is 18.6. The van der Waals surface area contributed by atoms with Gasteiger partial charge in [-0.1, -0.05) is 59.8 Å². The van der Waals surface area contributed by atoms with E-state index in [1.54, 1.807) is 0 Å². The molecule has 134 valence electrons. The number of benzene rings is 2. The summed E-state index contributed by atoms with van der Waals surface area (Å²) >= 11 is 0. The van der Waals surface area contributed by atoms with Gasteiger partial charge in [-0.05, 0) is 30.5 Å². The number of hydrogen-bond donors (Lipinski definition) is 1. The van der Waals surface area contributed by atoms with Crippen LogP contribution in [0.25, 0.3) is 11.1 Å². The van der Waals surface area contributed by atoms with Crippen molar-refractivity contribution >= 4 is 5.91 Å². The lowest BCUT2D eigenvalue weighted by Crippen LogP contribution is -2.33. The van der Waals surface area contributed by atoms with E-state index in [-0.39, 0.29) is 12.5 Å². The Morgan fingerprint density at radius 2 is 1.65 bits per heavy atom. The van der Waals surface area contributed by atoms with Crippen molar-refractivity contribution in [2.75, 3.05) is 6.54 Å². The van der Waals surface area contributed by atoms with Crippen molar-refractivity contribution < 1.29 is 9.32 Å². The Kier molecular flexibility index (Phi) is 5.49. The lowest BCUT2D eigenvalue weighted by Gasteiger charge is -2.21. The van der Waals surface area contributed by atoms with Gasteiger partial charge in [0, 0.05) is 18.7 Å². The van der Waals surface area contributed by atoms with Gasteiger partial charge in [-0.15, -0.1) is 0 Å². The summed E-state index contributed by atoms with van der Waals surface area (Å²) in [4.78, 5) is 13.5. The van der Waals surface area contributed by atoms with E-state index < -0.39 is 0 Å². The number of amides is 1. The Hall–Kier alpha value is -2.92. The summed E-state index contributed by atoms with van der Waals surface area (Å²) in [5.41, 5.74) is 10.8. The second-order valence-electron chi connectivity index (χ2n) is 6.48. The van der Waals surface area contributed by atoms with E-state index in [2.05, 4.69) is 41.6 Å². The van der Waals surface area contributed by atoms with Crippen molar-refractivity contribution in [2.45, 2.75) is 26.9 Å². The van der Waals surface area contributed by atoms with E-state index in [9.17, 15) is 4.79 Å². The maximum atomic E-state index is 11.5. The van der Waals surface area contributed by atoms with E-state index in [0.717, 1.165) is 22.6 Å². The molecule has 5 nitrogen and oxygen atoms in total. The molecule has 1 aromatic heterocycles. The lowest BCUT2D eigenvalue weighted by molar-refractivity contribution is -0.119. The Labute approximate surface area is 153 Å². The minimum Gasteiger partial charge on any atom is -0.369 e. The monoisotopic (exact) mass is 349 g/mol. The summed E-state index contributed by atoms with van der Waals surface area (Å²) in [7, 11) is 0. The van der Waals surface area contributed by atoms with Crippen molar-refractivity contribution in [1.29, 1.82) is 0 Å². The van der Waals surface area contributed by atoms with Crippen LogP contribution in [0, 0.1) is 13.8 Å². The van der Waals surface area contributed by atoms with Gasteiger partial charge in [0.25, 0.3) is 0 Å². The molecular weight excluding hydrogens is 326 g/mol. The minimum absolute atomic E-state index is 0.185. The van der Waals surface area contributed by atoms with Gasteiger partial charge in [-0.3, -0.25) is 9.69 Å². The molecule has 2 N–H and O–H groups in total. The molecule has 0 radical (unpaired) electrons. The maximum absolute atomic E-state index is 11.5. The Balaban J connectivity index is 1.75. The SMILES string of the molecule is Cc1noc(C)c1CN(CC(N)=O)Cc1ccc(-c2ccccc2)cc1. The molecule has 0 unspecified atom stereocenters. The van der Waals surface area contributed by atoms with Crippen molar-refractivity contribution in [1.82, 2.24) is 10.1 Å². The van der Waals surface area contributed by atoms with Crippen LogP contribution >= 0.6 is 0 Å². The number of primary amides is 1. The molecule has 0 spiro atoms. The van der Waals surface area contributed by atoms with Gasteiger partial charge in [0.1, 0.15) is 5.76 Å². The summed E-state index contributed by atoms with van der Waals surface area (Å²) in [6.45, 7) is 5.17. The van der Waals surface area contributed by atoms with Crippen LogP contribution in [0.3, 0.4) is 0 Å². The normalized spacial score (nSPS) is 11.0. The molecule has 3 rings (SSSR count). The standard InChI is InChI=1S/C21H23N3O2/c1-15-20(16(2)26-23-15)13-24(14-21(22)25)12-17-8-10-19(11-9-17)18-6-4-3-5-7-18/h3-11H,12-14H2,1-2H3,(H2,22,25). The summed E-state index contributed by atoms with van der Waals surface area (Å²) in [5, 5.41) is 3.98. The molecule has 0 aliphatic rings. The van der Waals surface area contributed by atoms with Gasteiger partial charge in [0.15, 0.2) is 0 Å². The van der Waals surface area contributed by atoms with E-state index in [1.807, 2.05) is 36.9 Å². The molecular formula is C21H23N3O2. The first kappa shape index (κ1) is 17.9. The number of nitrogens with zero attached hydrogens (tertiary/aromatic N) is 2. The van der Waals surface area contributed by atoms with Crippen molar-refractivity contribution in [3.05, 3.63) is 77.2 Å². The van der Waals surface area contributed by atoms with Gasteiger partial charge in [0.05, 0.1) is 12.2 Å². The first-order chi connectivity index (χ1) is 12.5. The van der Waals surface area contributed by atoms with Crippen LogP contribution in [0.4, 0.5) is 0 Å². The third-order valence-corrected chi connectivity index (χ3v) is 4.41. The predicted octanol–water partition coefficient (Wildman–Crippen LogP) is 3.45. The van der Waals surface area contributed by atoms with E-state index >= 15 is 0 Å². The minimum atomic E-state index is -0.349. The van der Waals surface area contributed by atoms with Gasteiger partial charge in [-0.2, -0.15) is 0 Å². The zero-order chi connectivity index (χ0) is 18.5. The number of carbonyl (C=O) groups excluding carboxylic acids is 1. The summed E-state index contributed by atoms with van der Waals surface area (Å²) in [5.74, 6) is 0.425. The number of carbonyl (C=O) groups is 1. The van der Waals surface area contributed by atoms with Crippen molar-refractivity contribution in [3.8, 4) is 11.1 Å². The molecule has 1 heterocycles. The second-order valence-corrected chi connectivity index (χ2v) is 6.48. The molecule has 5 heteroatoms. The van der Waals surface area contributed by atoms with E-state index in [1.165, 1.54) is 11.1 Å². The first-order valence-electron chi connectivity index (χ1n) is 8.59. The zero-order valence-corrected chi connectivity index (χ0v) is 15.1. The molecule has 1 amide bonds. The van der Waals surface area contributed by atoms with Crippen LogP contribution in [0.5, 0.6) is 0 Å². The number of aromatic nitrogens is 1. The Morgan fingerprint density at radius 3 is 2.23 bits per heavy atom. The number of nitrogens with two attached hydrogens (primary N) is 1. The zero-order valence-electron chi connectivity index (χ0n) is 15.1. The highest BCUT2D eigenvalue weighted by molar-refractivity contribution is 5.76. The van der Waals surface area contributed by atoms with Crippen LogP contribution in [-0.2, 0) is 17.9 Å². The molecule has 0 atom stereocenters. The smallest absolute Gasteiger partial charge is 0.231 e. The van der Waals surface area contributed by atoms with Gasteiger partial charge < -0.3 is 10.3 Å². The summed E-state index contributed by atoms with van der Waals surface area (Å²) in [6.07, 6.45) is 0. The highest BCUT2D eigenvalue weighted by Crippen LogP contribution is 2.21. The molecule has 0 aliphatic heterocycles. The maximum Gasteiger partial charge on any atom is 0.231 e. The van der Waals surface area contributed by atoms with Gasteiger partial charge in [0.2, 0.25) is 5.91 Å². The molecule has 0 bridgehead atoms. The highest BCUT2D eigenvalue weighted by Gasteiger charge is 2.16. The van der Waals surface area contributed by atoms with Crippen LogP contribution in [0.2, 0.25) is 0 Å². The van der Waals surface area contributed by atoms with Crippen LogP contribution < -0.4 is 5.73 Å². The van der Waals surface area contributed by atoms with Crippen LogP contribution in [0.15, 0.2) is 59.1 Å². The number of aryl methyl sites for hydroxylation is 2. The molecule has 0 aliphatic carbocycles. The second kappa shape index (κ2) is 7.97. The molecule has 0 saturated carbocycles. The average Bonchev–Trinajstić information content (AvgIpc) is 2.94. The number of hydrogen-bond acceptors (Lipinski definition) is 4. The molecule has 2 aromatic carbocycles. The molecule has 0 fully saturated rings. The van der Waals surface area contributed by atoms with Gasteiger partial charge in [-0.25, -0.2) is 0 Å². The molecule has 0 saturated heterocycles. The van der Waals surface area contributed by atoms with Crippen molar-refractivity contribution in [2.24, 2.45) is 5.73 Å². The third-order valence-electron chi connectivity index (χ3n) is 4.41. The lowest BCUT2D eigenvalue weighted by atomic mass is 10.0. The molecule has 3 aromatic rings. The fourth-order valence-electron chi connectivity index (χ4n) is 3.03. The van der Waals surface area contributed by atoms with Gasteiger partial charge >= 0.3 is 0 Å². The quantitative estimate of drug-likeness (QED) is 0.709. The average molecular weight is 349 g/mol. The topological polar surface area (TPSA) is 72.4 Å². The van der Waals surface area contributed by atoms with Crippen LogP contribution in [0.1, 0.15) is 22.6 Å². The third kappa shape index (κ3) is 4.37. The van der Waals surface area contributed by atoms with Crippen molar-refractivity contribution in [3.63, 3.8) is 0 Å². The fourth-order valence-corrected chi connectivity index (χ4v) is 3.03. The molecule has 26 heavy (non-hydrogen) atoms. The Bertz CT molecular complexity index is 851. The Morgan fingerprint density at radius 1 is 1.00 bits per heavy atom. The highest BCUT2D eigenvalue weighted by atomic mass is 16.5. The summed E-state index contributed by atoms with van der Waals surface area (Å²) < 4.78 is 5.22.